The predicted molar refractivity (Wildman–Crippen MR) is 102 cm³/mol. The molecule has 0 bridgehead atoms. The van der Waals surface area contributed by atoms with Crippen LogP contribution < -0.4 is 18.9 Å². The molecule has 0 radical (unpaired) electrons. The van der Waals surface area contributed by atoms with Crippen LogP contribution in [0.2, 0.25) is 0 Å². The maximum absolute atomic E-state index is 11.0. The van der Waals surface area contributed by atoms with Gasteiger partial charge in [-0.3, -0.25) is 4.55 Å². The van der Waals surface area contributed by atoms with E-state index in [0.29, 0.717) is 0 Å². The van der Waals surface area contributed by atoms with Gasteiger partial charge in [-0.25, -0.2) is 0 Å². The first kappa shape index (κ1) is 24.7. The van der Waals surface area contributed by atoms with E-state index in [1.165, 1.54) is 82.8 Å². The second-order valence-electron chi connectivity index (χ2n) is 6.76. The van der Waals surface area contributed by atoms with Gasteiger partial charge in [0.25, 0.3) is 10.1 Å². The fourth-order valence-electron chi connectivity index (χ4n) is 3.00. The summed E-state index contributed by atoms with van der Waals surface area (Å²) >= 11 is 0. The van der Waals surface area contributed by atoms with Gasteiger partial charge in [0.1, 0.15) is 0 Å². The van der Waals surface area contributed by atoms with Gasteiger partial charge in [-0.2, -0.15) is 8.42 Å². The van der Waals surface area contributed by atoms with Crippen molar-refractivity contribution in [2.75, 3.05) is 0 Å². The van der Waals surface area contributed by atoms with E-state index in [1.54, 1.807) is 12.1 Å². The van der Waals surface area contributed by atoms with Crippen LogP contribution in [0.1, 0.15) is 91.0 Å². The Bertz CT molecular complexity index is 532. The van der Waals surface area contributed by atoms with Crippen molar-refractivity contribution in [3.05, 3.63) is 29.8 Å². The van der Waals surface area contributed by atoms with Crippen LogP contribution in [0, 0.1) is 0 Å². The third kappa shape index (κ3) is 12.7. The largest absolute Gasteiger partial charge is 1.00 e. The van der Waals surface area contributed by atoms with Gasteiger partial charge in [-0.05, 0) is 30.5 Å². The van der Waals surface area contributed by atoms with Crippen molar-refractivity contribution in [1.29, 1.82) is 0 Å². The summed E-state index contributed by atoms with van der Waals surface area (Å²) in [6.45, 7) is 2.26. The first-order valence-corrected chi connectivity index (χ1v) is 11.0. The quantitative estimate of drug-likeness (QED) is 0.314. The fraction of sp³-hybridized carbons (Fsp3) is 0.700. The molecule has 0 aliphatic heterocycles. The minimum absolute atomic E-state index is 0. The van der Waals surface area contributed by atoms with E-state index >= 15 is 0 Å². The first-order valence-electron chi connectivity index (χ1n) is 9.60. The van der Waals surface area contributed by atoms with Crippen LogP contribution in [0.5, 0.6) is 0 Å². The second kappa shape index (κ2) is 14.9. The fourth-order valence-corrected chi connectivity index (χ4v) is 3.48. The molecule has 0 aliphatic carbocycles. The molecule has 3 nitrogen and oxygen atoms in total. The van der Waals surface area contributed by atoms with Crippen LogP contribution in [0.3, 0.4) is 0 Å². The van der Waals surface area contributed by atoms with Crippen molar-refractivity contribution < 1.29 is 33.3 Å². The molecule has 0 unspecified atom stereocenters. The molecule has 0 saturated heterocycles. The Kier molecular flexibility index (Phi) is 14.7. The summed E-state index contributed by atoms with van der Waals surface area (Å²) in [5.41, 5.74) is 1.13. The summed E-state index contributed by atoms with van der Waals surface area (Å²) in [5, 5.41) is 0. The summed E-state index contributed by atoms with van der Waals surface area (Å²) in [6, 6.07) is 6.54. The molecule has 0 aliphatic rings. The molecule has 0 spiro atoms. The van der Waals surface area contributed by atoms with Crippen LogP contribution in [0.15, 0.2) is 29.2 Å². The molecule has 25 heavy (non-hydrogen) atoms. The number of aryl methyl sites for hydroxylation is 1. The van der Waals surface area contributed by atoms with E-state index in [1.807, 2.05) is 0 Å². The molecular weight excluding hydrogens is 327 g/mol. The van der Waals surface area contributed by atoms with Gasteiger partial charge in [0.05, 0.1) is 4.90 Å². The van der Waals surface area contributed by atoms with Crippen LogP contribution >= 0.6 is 0 Å². The molecule has 1 rings (SSSR count). The van der Waals surface area contributed by atoms with Crippen LogP contribution in [0.4, 0.5) is 0 Å². The Hall–Kier alpha value is -0.273. The topological polar surface area (TPSA) is 54.4 Å². The van der Waals surface area contributed by atoms with Crippen molar-refractivity contribution in [3.63, 3.8) is 0 Å². The standard InChI is InChI=1S/C20H34O3S.Li.H/c1-2-3-4-5-6-7-8-9-10-11-12-13-14-19-15-17-20(18-16-19)24(21,22)23;;/h15-18H,2-14H2,1H3,(H,21,22,23);;/q;+1;-1. The molecule has 1 aromatic rings. The van der Waals surface area contributed by atoms with Crippen molar-refractivity contribution in [2.45, 2.75) is 95.3 Å². The molecule has 1 aromatic carbocycles. The van der Waals surface area contributed by atoms with E-state index in [9.17, 15) is 8.42 Å². The zero-order chi connectivity index (χ0) is 17.7. The smallest absolute Gasteiger partial charge is 1.00 e. The Morgan fingerprint density at radius 3 is 1.56 bits per heavy atom. The predicted octanol–water partition coefficient (Wildman–Crippen LogP) is 3.29. The molecular formula is C20H35LiO3S. The average Bonchev–Trinajstić information content (AvgIpc) is 2.55. The van der Waals surface area contributed by atoms with Gasteiger partial charge in [0.15, 0.2) is 0 Å². The molecule has 140 valence electrons. The van der Waals surface area contributed by atoms with Gasteiger partial charge in [0.2, 0.25) is 0 Å². The van der Waals surface area contributed by atoms with Crippen LogP contribution in [-0.2, 0) is 16.5 Å². The van der Waals surface area contributed by atoms with Crippen LogP contribution in [-0.4, -0.2) is 13.0 Å². The van der Waals surface area contributed by atoms with E-state index in [-0.39, 0.29) is 25.2 Å². The summed E-state index contributed by atoms with van der Waals surface area (Å²) in [5.74, 6) is 0. The van der Waals surface area contributed by atoms with Gasteiger partial charge in [-0.15, -0.1) is 0 Å². The van der Waals surface area contributed by atoms with E-state index in [2.05, 4.69) is 6.92 Å². The number of hydrogen-bond donors (Lipinski definition) is 1. The summed E-state index contributed by atoms with van der Waals surface area (Å²) in [4.78, 5) is -0.0269. The Labute approximate surface area is 168 Å². The molecule has 0 aromatic heterocycles. The van der Waals surface area contributed by atoms with Gasteiger partial charge in [-0.1, -0.05) is 89.7 Å². The van der Waals surface area contributed by atoms with Gasteiger partial charge < -0.3 is 1.43 Å². The maximum atomic E-state index is 11.0. The van der Waals surface area contributed by atoms with Gasteiger partial charge >= 0.3 is 18.9 Å². The molecule has 0 heterocycles. The van der Waals surface area contributed by atoms with Crippen molar-refractivity contribution in [3.8, 4) is 0 Å². The van der Waals surface area contributed by atoms with Gasteiger partial charge in [0, 0.05) is 0 Å². The normalized spacial score (nSPS) is 11.3. The monoisotopic (exact) mass is 362 g/mol. The molecule has 0 fully saturated rings. The number of unbranched alkanes of at least 4 members (excludes halogenated alkanes) is 11. The molecule has 0 saturated carbocycles. The zero-order valence-electron chi connectivity index (χ0n) is 17.2. The third-order valence-corrected chi connectivity index (χ3v) is 5.41. The third-order valence-electron chi connectivity index (χ3n) is 4.54. The minimum Gasteiger partial charge on any atom is -1.00 e. The molecule has 5 heteroatoms. The Balaban J connectivity index is 0. The minimum atomic E-state index is -4.07. The first-order chi connectivity index (χ1) is 11.5. The van der Waals surface area contributed by atoms with Crippen molar-refractivity contribution in [2.24, 2.45) is 0 Å². The summed E-state index contributed by atoms with van der Waals surface area (Å²) in [7, 11) is -4.07. The van der Waals surface area contributed by atoms with E-state index in [4.69, 9.17) is 4.55 Å². The number of benzene rings is 1. The molecule has 1 N–H and O–H groups in total. The molecule has 0 amide bonds. The SMILES string of the molecule is CCCCCCCCCCCCCCc1ccc(S(=O)(=O)O)cc1.[H-].[Li+]. The Morgan fingerprint density at radius 2 is 1.16 bits per heavy atom. The van der Waals surface area contributed by atoms with E-state index in [0.717, 1.165) is 18.4 Å². The van der Waals surface area contributed by atoms with Crippen molar-refractivity contribution in [1.82, 2.24) is 0 Å². The molecule has 0 atom stereocenters. The maximum Gasteiger partial charge on any atom is 1.00 e. The summed E-state index contributed by atoms with van der Waals surface area (Å²) in [6.07, 6.45) is 17.0. The second-order valence-corrected chi connectivity index (χ2v) is 8.18. The van der Waals surface area contributed by atoms with Crippen molar-refractivity contribution >= 4 is 10.1 Å². The number of hydrogen-bond acceptors (Lipinski definition) is 2. The zero-order valence-corrected chi connectivity index (χ0v) is 17.0. The summed E-state index contributed by atoms with van der Waals surface area (Å²) < 4.78 is 30.9. The van der Waals surface area contributed by atoms with Crippen LogP contribution in [0.25, 0.3) is 0 Å². The Morgan fingerprint density at radius 1 is 0.760 bits per heavy atom. The van der Waals surface area contributed by atoms with E-state index < -0.39 is 10.1 Å². The number of rotatable bonds is 14. The average molecular weight is 363 g/mol.